The van der Waals surface area contributed by atoms with Crippen molar-refractivity contribution < 1.29 is 14.3 Å². The number of hydrogen-bond acceptors (Lipinski definition) is 4. The zero-order chi connectivity index (χ0) is 18.1. The second kappa shape index (κ2) is 11.8. The van der Waals surface area contributed by atoms with E-state index in [0.29, 0.717) is 37.3 Å². The van der Waals surface area contributed by atoms with Crippen molar-refractivity contribution in [2.24, 2.45) is 5.73 Å². The van der Waals surface area contributed by atoms with Crippen molar-refractivity contribution in [3.63, 3.8) is 0 Å². The minimum Gasteiger partial charge on any atom is -0.493 e. The van der Waals surface area contributed by atoms with Crippen molar-refractivity contribution >= 4 is 24.2 Å². The molecule has 2 rings (SSSR count). The number of hydrogen-bond donors (Lipinski definition) is 3. The summed E-state index contributed by atoms with van der Waals surface area (Å²) < 4.78 is 5.46. The van der Waals surface area contributed by atoms with E-state index in [1.165, 1.54) is 0 Å². The maximum absolute atomic E-state index is 12.2. The number of nitrogens with two attached hydrogens (primary N) is 1. The van der Waals surface area contributed by atoms with Gasteiger partial charge in [-0.25, -0.2) is 0 Å². The molecule has 1 aromatic carbocycles. The van der Waals surface area contributed by atoms with Gasteiger partial charge in [0.25, 0.3) is 5.91 Å². The maximum Gasteiger partial charge on any atom is 0.255 e. The number of carbonyl (C=O) groups is 2. The standard InChI is InChI=1S/C19H29N3O3.ClH/c1-2-25-17-7-4-3-6-16(17)19(24)21-13-5-8-18(23)22-15-11-9-14(20)10-12-15;/h3-4,6-7,14-15H,2,5,8-13,20H2,1H3,(H,21,24)(H,22,23);1H. The third-order valence-corrected chi connectivity index (χ3v) is 4.43. The van der Waals surface area contributed by atoms with Crippen LogP contribution in [-0.2, 0) is 4.79 Å². The molecule has 1 saturated carbocycles. The third kappa shape index (κ3) is 7.22. The molecule has 1 fully saturated rings. The summed E-state index contributed by atoms with van der Waals surface area (Å²) in [5.41, 5.74) is 6.39. The fourth-order valence-corrected chi connectivity index (χ4v) is 3.05. The van der Waals surface area contributed by atoms with Gasteiger partial charge in [-0.15, -0.1) is 12.4 Å². The van der Waals surface area contributed by atoms with Gasteiger partial charge in [0.15, 0.2) is 0 Å². The lowest BCUT2D eigenvalue weighted by atomic mass is 9.92. The molecule has 4 N–H and O–H groups in total. The third-order valence-electron chi connectivity index (χ3n) is 4.43. The van der Waals surface area contributed by atoms with E-state index in [-0.39, 0.29) is 36.3 Å². The fraction of sp³-hybridized carbons (Fsp3) is 0.579. The lowest BCUT2D eigenvalue weighted by Crippen LogP contribution is -2.40. The van der Waals surface area contributed by atoms with E-state index < -0.39 is 0 Å². The van der Waals surface area contributed by atoms with Crippen molar-refractivity contribution in [3.8, 4) is 5.75 Å². The molecule has 0 spiro atoms. The largest absolute Gasteiger partial charge is 0.493 e. The van der Waals surface area contributed by atoms with E-state index >= 15 is 0 Å². The average Bonchev–Trinajstić information content (AvgIpc) is 2.61. The number of halogens is 1. The number of ether oxygens (including phenoxy) is 1. The molecule has 0 heterocycles. The smallest absolute Gasteiger partial charge is 0.255 e. The van der Waals surface area contributed by atoms with E-state index in [1.54, 1.807) is 18.2 Å². The first-order valence-corrected chi connectivity index (χ1v) is 9.15. The summed E-state index contributed by atoms with van der Waals surface area (Å²) in [6.45, 7) is 2.85. The van der Waals surface area contributed by atoms with Crippen molar-refractivity contribution in [2.45, 2.75) is 57.5 Å². The number of rotatable bonds is 8. The number of para-hydroxylation sites is 1. The maximum atomic E-state index is 12.2. The van der Waals surface area contributed by atoms with E-state index in [4.69, 9.17) is 10.5 Å². The molecule has 0 aliphatic heterocycles. The highest BCUT2D eigenvalue weighted by Gasteiger charge is 2.19. The van der Waals surface area contributed by atoms with Crippen molar-refractivity contribution in [1.82, 2.24) is 10.6 Å². The van der Waals surface area contributed by atoms with Gasteiger partial charge >= 0.3 is 0 Å². The monoisotopic (exact) mass is 383 g/mol. The molecular formula is C19H30ClN3O3. The molecule has 0 aromatic heterocycles. The van der Waals surface area contributed by atoms with E-state index in [0.717, 1.165) is 25.7 Å². The molecule has 0 radical (unpaired) electrons. The Balaban J connectivity index is 0.00000338. The van der Waals surface area contributed by atoms with Crippen molar-refractivity contribution in [2.75, 3.05) is 13.2 Å². The van der Waals surface area contributed by atoms with Crippen molar-refractivity contribution in [1.29, 1.82) is 0 Å². The first-order valence-electron chi connectivity index (χ1n) is 9.15. The number of carbonyl (C=O) groups excluding carboxylic acids is 2. The molecule has 0 bridgehead atoms. The van der Waals surface area contributed by atoms with Gasteiger partial charge < -0.3 is 21.1 Å². The van der Waals surface area contributed by atoms with Gasteiger partial charge in [0.1, 0.15) is 5.75 Å². The fourth-order valence-electron chi connectivity index (χ4n) is 3.05. The Bertz CT molecular complexity index is 575. The van der Waals surface area contributed by atoms with Crippen molar-refractivity contribution in [3.05, 3.63) is 29.8 Å². The van der Waals surface area contributed by atoms with Crippen LogP contribution in [0.15, 0.2) is 24.3 Å². The Morgan fingerprint density at radius 3 is 2.58 bits per heavy atom. The molecule has 146 valence electrons. The summed E-state index contributed by atoms with van der Waals surface area (Å²) in [6, 6.07) is 7.69. The lowest BCUT2D eigenvalue weighted by Gasteiger charge is -2.26. The minimum absolute atomic E-state index is 0. The molecule has 0 unspecified atom stereocenters. The summed E-state index contributed by atoms with van der Waals surface area (Å²) in [6.07, 6.45) is 4.88. The minimum atomic E-state index is -0.175. The highest BCUT2D eigenvalue weighted by Crippen LogP contribution is 2.18. The van der Waals surface area contributed by atoms with Crippen LogP contribution in [0.1, 0.15) is 55.8 Å². The lowest BCUT2D eigenvalue weighted by molar-refractivity contribution is -0.122. The van der Waals surface area contributed by atoms with Gasteiger partial charge in [-0.3, -0.25) is 9.59 Å². The molecule has 1 aliphatic carbocycles. The van der Waals surface area contributed by atoms with E-state index in [1.807, 2.05) is 13.0 Å². The molecule has 6 nitrogen and oxygen atoms in total. The summed E-state index contributed by atoms with van der Waals surface area (Å²) in [5.74, 6) is 0.450. The molecule has 0 saturated heterocycles. The van der Waals surface area contributed by atoms with Crippen LogP contribution in [0.3, 0.4) is 0 Å². The molecule has 0 atom stereocenters. The second-order valence-electron chi connectivity index (χ2n) is 6.47. The van der Waals surface area contributed by atoms with Crippen LogP contribution in [-0.4, -0.2) is 37.0 Å². The molecule has 1 aliphatic rings. The summed E-state index contributed by atoms with van der Waals surface area (Å²) in [4.78, 5) is 24.2. The quantitative estimate of drug-likeness (QED) is 0.601. The van der Waals surface area contributed by atoms with Gasteiger partial charge in [-0.05, 0) is 51.2 Å². The summed E-state index contributed by atoms with van der Waals surface area (Å²) in [7, 11) is 0. The highest BCUT2D eigenvalue weighted by atomic mass is 35.5. The topological polar surface area (TPSA) is 93.4 Å². The molecule has 2 amide bonds. The van der Waals surface area contributed by atoms with Crippen LogP contribution in [0, 0.1) is 0 Å². The Labute approximate surface area is 161 Å². The Kier molecular flexibility index (Phi) is 10.1. The average molecular weight is 384 g/mol. The molecule has 7 heteroatoms. The van der Waals surface area contributed by atoms with Gasteiger partial charge in [0.05, 0.1) is 12.2 Å². The number of amides is 2. The highest BCUT2D eigenvalue weighted by molar-refractivity contribution is 5.96. The zero-order valence-electron chi connectivity index (χ0n) is 15.3. The summed E-state index contributed by atoms with van der Waals surface area (Å²) >= 11 is 0. The number of benzene rings is 1. The SMILES string of the molecule is CCOc1ccccc1C(=O)NCCCC(=O)NC1CCC(N)CC1.Cl. The first kappa shape index (κ1) is 22.3. The molecular weight excluding hydrogens is 354 g/mol. The predicted octanol–water partition coefficient (Wildman–Crippen LogP) is 2.40. The molecule has 1 aromatic rings. The predicted molar refractivity (Wildman–Crippen MR) is 105 cm³/mol. The van der Waals surface area contributed by atoms with Crippen LogP contribution in [0.25, 0.3) is 0 Å². The van der Waals surface area contributed by atoms with Crippen LogP contribution in [0.4, 0.5) is 0 Å². The van der Waals surface area contributed by atoms with Gasteiger partial charge in [0, 0.05) is 25.0 Å². The van der Waals surface area contributed by atoms with Gasteiger partial charge in [-0.1, -0.05) is 12.1 Å². The normalized spacial score (nSPS) is 19.2. The molecule has 26 heavy (non-hydrogen) atoms. The van der Waals surface area contributed by atoms with Crippen LogP contribution in [0.2, 0.25) is 0 Å². The Hall–Kier alpha value is -1.79. The zero-order valence-corrected chi connectivity index (χ0v) is 16.1. The second-order valence-corrected chi connectivity index (χ2v) is 6.47. The van der Waals surface area contributed by atoms with Crippen LogP contribution >= 0.6 is 12.4 Å². The van der Waals surface area contributed by atoms with Crippen LogP contribution < -0.4 is 21.1 Å². The van der Waals surface area contributed by atoms with Crippen LogP contribution in [0.5, 0.6) is 5.75 Å². The number of nitrogens with one attached hydrogen (secondary N) is 2. The Morgan fingerprint density at radius 1 is 1.19 bits per heavy atom. The van der Waals surface area contributed by atoms with Gasteiger partial charge in [0.2, 0.25) is 5.91 Å². The first-order chi connectivity index (χ1) is 12.1. The van der Waals surface area contributed by atoms with Gasteiger partial charge in [-0.2, -0.15) is 0 Å². The van der Waals surface area contributed by atoms with E-state index in [2.05, 4.69) is 10.6 Å². The summed E-state index contributed by atoms with van der Waals surface area (Å²) in [5, 5.41) is 5.90. The van der Waals surface area contributed by atoms with E-state index in [9.17, 15) is 9.59 Å². The Morgan fingerprint density at radius 2 is 1.88 bits per heavy atom.